The lowest BCUT2D eigenvalue weighted by molar-refractivity contribution is 0.619. The number of nitrogens with one attached hydrogen (secondary N) is 1. The number of imidazole rings is 1. The molecule has 1 N–H and O–H groups in total. The van der Waals surface area contributed by atoms with Crippen LogP contribution in [0.25, 0.3) is 39.5 Å². The van der Waals surface area contributed by atoms with Crippen LogP contribution >= 0.6 is 0 Å². The summed E-state index contributed by atoms with van der Waals surface area (Å²) >= 11 is 0. The molecule has 2 aromatic carbocycles. The average molecular weight is 369 g/mol. The van der Waals surface area contributed by atoms with Gasteiger partial charge in [-0.05, 0) is 42.8 Å². The summed E-state index contributed by atoms with van der Waals surface area (Å²) in [5.74, 6) is 0.551. The molecule has 6 heteroatoms. The number of pyridine rings is 1. The van der Waals surface area contributed by atoms with E-state index in [1.54, 1.807) is 19.3 Å². The molecular weight excluding hydrogens is 353 g/mol. The molecule has 0 saturated carbocycles. The highest BCUT2D eigenvalue weighted by Gasteiger charge is 2.14. The van der Waals surface area contributed by atoms with Crippen molar-refractivity contribution in [2.75, 3.05) is 0 Å². The third-order valence-corrected chi connectivity index (χ3v) is 4.79. The van der Waals surface area contributed by atoms with Crippen molar-refractivity contribution >= 4 is 5.65 Å². The normalized spacial score (nSPS) is 11.2. The number of benzene rings is 2. The molecule has 3 heterocycles. The lowest BCUT2D eigenvalue weighted by Crippen LogP contribution is -1.92. The van der Waals surface area contributed by atoms with Crippen LogP contribution in [0.3, 0.4) is 0 Å². The molecule has 3 aromatic heterocycles. The standard InChI is InChI=1S/C22H16FN5/c1-14-11-16(7-9-18(14)23)20-21(25-13-24-20)17-8-10-19-26-27-22(28(19)12-17)15-5-3-2-4-6-15/h2-13H,1H3,(H,24,25). The summed E-state index contributed by atoms with van der Waals surface area (Å²) in [6.07, 6.45) is 3.63. The lowest BCUT2D eigenvalue weighted by Gasteiger charge is -2.07. The zero-order chi connectivity index (χ0) is 19.1. The summed E-state index contributed by atoms with van der Waals surface area (Å²) < 4.78 is 15.6. The molecule has 0 saturated heterocycles. The first-order valence-electron chi connectivity index (χ1n) is 8.91. The molecule has 0 aliphatic rings. The van der Waals surface area contributed by atoms with Crippen molar-refractivity contribution in [1.82, 2.24) is 24.6 Å². The Bertz CT molecular complexity index is 1290. The topological polar surface area (TPSA) is 58.9 Å². The second-order valence-corrected chi connectivity index (χ2v) is 6.63. The highest BCUT2D eigenvalue weighted by Crippen LogP contribution is 2.31. The van der Waals surface area contributed by atoms with Crippen LogP contribution in [0.2, 0.25) is 0 Å². The Morgan fingerprint density at radius 1 is 0.893 bits per heavy atom. The molecule has 0 radical (unpaired) electrons. The van der Waals surface area contributed by atoms with Gasteiger partial charge < -0.3 is 4.98 Å². The summed E-state index contributed by atoms with van der Waals surface area (Å²) in [6, 6.07) is 18.9. The van der Waals surface area contributed by atoms with Crippen molar-refractivity contribution in [3.05, 3.63) is 84.6 Å². The molecule has 0 fully saturated rings. The van der Waals surface area contributed by atoms with Crippen molar-refractivity contribution in [3.63, 3.8) is 0 Å². The number of hydrogen-bond acceptors (Lipinski definition) is 3. The Morgan fingerprint density at radius 2 is 1.71 bits per heavy atom. The number of aromatic amines is 1. The van der Waals surface area contributed by atoms with E-state index < -0.39 is 0 Å². The van der Waals surface area contributed by atoms with Gasteiger partial charge in [-0.3, -0.25) is 4.40 Å². The molecule has 0 amide bonds. The molecule has 136 valence electrons. The van der Waals surface area contributed by atoms with Crippen LogP contribution in [0.1, 0.15) is 5.56 Å². The predicted octanol–water partition coefficient (Wildman–Crippen LogP) is 4.90. The zero-order valence-corrected chi connectivity index (χ0v) is 15.1. The number of halogens is 1. The molecule has 28 heavy (non-hydrogen) atoms. The minimum atomic E-state index is -0.219. The number of fused-ring (bicyclic) bond motifs is 1. The molecule has 0 aliphatic carbocycles. The fourth-order valence-corrected chi connectivity index (χ4v) is 3.35. The van der Waals surface area contributed by atoms with Crippen molar-refractivity contribution in [1.29, 1.82) is 0 Å². The minimum Gasteiger partial charge on any atom is -0.344 e. The second-order valence-electron chi connectivity index (χ2n) is 6.63. The van der Waals surface area contributed by atoms with E-state index in [0.29, 0.717) is 5.56 Å². The first-order valence-corrected chi connectivity index (χ1v) is 8.91. The van der Waals surface area contributed by atoms with Gasteiger partial charge in [0.05, 0.1) is 17.7 Å². The molecule has 0 spiro atoms. The first kappa shape index (κ1) is 16.4. The summed E-state index contributed by atoms with van der Waals surface area (Å²) in [7, 11) is 0. The van der Waals surface area contributed by atoms with Crippen LogP contribution in [0.15, 0.2) is 73.2 Å². The lowest BCUT2D eigenvalue weighted by atomic mass is 10.0. The Hall–Kier alpha value is -3.80. The molecular formula is C22H16FN5. The molecule has 0 bridgehead atoms. The minimum absolute atomic E-state index is 0.219. The van der Waals surface area contributed by atoms with Crippen molar-refractivity contribution in [2.45, 2.75) is 6.92 Å². The van der Waals surface area contributed by atoms with Crippen LogP contribution in [0, 0.1) is 12.7 Å². The Morgan fingerprint density at radius 3 is 2.54 bits per heavy atom. The molecule has 0 atom stereocenters. The molecule has 5 nitrogen and oxygen atoms in total. The molecule has 5 aromatic rings. The maximum atomic E-state index is 13.7. The van der Waals surface area contributed by atoms with Gasteiger partial charge in [0.15, 0.2) is 11.5 Å². The Kier molecular flexibility index (Phi) is 3.76. The highest BCUT2D eigenvalue weighted by molar-refractivity contribution is 5.79. The van der Waals surface area contributed by atoms with Crippen LogP contribution in [-0.4, -0.2) is 24.6 Å². The number of rotatable bonds is 3. The number of aromatic nitrogens is 5. The van der Waals surface area contributed by atoms with E-state index in [-0.39, 0.29) is 5.82 Å². The van der Waals surface area contributed by atoms with Gasteiger partial charge in [0.25, 0.3) is 0 Å². The van der Waals surface area contributed by atoms with E-state index >= 15 is 0 Å². The van der Waals surface area contributed by atoms with Crippen LogP contribution in [0.4, 0.5) is 4.39 Å². The number of nitrogens with zero attached hydrogens (tertiary/aromatic N) is 4. The zero-order valence-electron chi connectivity index (χ0n) is 15.1. The van der Waals surface area contributed by atoms with E-state index in [1.807, 2.05) is 59.1 Å². The average Bonchev–Trinajstić information content (AvgIpc) is 3.37. The number of H-pyrrole nitrogens is 1. The van der Waals surface area contributed by atoms with Gasteiger partial charge in [-0.25, -0.2) is 9.37 Å². The molecule has 0 aliphatic heterocycles. The van der Waals surface area contributed by atoms with Crippen molar-refractivity contribution in [3.8, 4) is 33.9 Å². The van der Waals surface area contributed by atoms with Gasteiger partial charge in [-0.15, -0.1) is 10.2 Å². The second kappa shape index (κ2) is 6.42. The van der Waals surface area contributed by atoms with Crippen molar-refractivity contribution in [2.24, 2.45) is 0 Å². The van der Waals surface area contributed by atoms with E-state index in [1.165, 1.54) is 6.07 Å². The number of hydrogen-bond donors (Lipinski definition) is 1. The molecule has 0 unspecified atom stereocenters. The van der Waals surface area contributed by atoms with E-state index in [2.05, 4.69) is 20.2 Å². The summed E-state index contributed by atoms with van der Waals surface area (Å²) in [6.45, 7) is 1.75. The Balaban J connectivity index is 1.65. The van der Waals surface area contributed by atoms with E-state index in [0.717, 1.165) is 39.5 Å². The fourth-order valence-electron chi connectivity index (χ4n) is 3.35. The van der Waals surface area contributed by atoms with Gasteiger partial charge in [-0.1, -0.05) is 30.3 Å². The largest absolute Gasteiger partial charge is 0.344 e. The first-order chi connectivity index (χ1) is 13.7. The summed E-state index contributed by atoms with van der Waals surface area (Å²) in [4.78, 5) is 7.69. The maximum absolute atomic E-state index is 13.7. The van der Waals surface area contributed by atoms with Crippen molar-refractivity contribution < 1.29 is 4.39 Å². The summed E-state index contributed by atoms with van der Waals surface area (Å²) in [5, 5.41) is 8.60. The van der Waals surface area contributed by atoms with Crippen LogP contribution < -0.4 is 0 Å². The van der Waals surface area contributed by atoms with Gasteiger partial charge in [0.1, 0.15) is 5.82 Å². The highest BCUT2D eigenvalue weighted by atomic mass is 19.1. The van der Waals surface area contributed by atoms with Gasteiger partial charge >= 0.3 is 0 Å². The smallest absolute Gasteiger partial charge is 0.168 e. The van der Waals surface area contributed by atoms with E-state index in [4.69, 9.17) is 0 Å². The quantitative estimate of drug-likeness (QED) is 0.492. The monoisotopic (exact) mass is 369 g/mol. The molecule has 5 rings (SSSR count). The van der Waals surface area contributed by atoms with Crippen LogP contribution in [0.5, 0.6) is 0 Å². The van der Waals surface area contributed by atoms with E-state index in [9.17, 15) is 4.39 Å². The van der Waals surface area contributed by atoms with Crippen LogP contribution in [-0.2, 0) is 0 Å². The maximum Gasteiger partial charge on any atom is 0.168 e. The van der Waals surface area contributed by atoms with Gasteiger partial charge in [-0.2, -0.15) is 0 Å². The Labute approximate surface area is 160 Å². The fraction of sp³-hybridized carbons (Fsp3) is 0.0455. The van der Waals surface area contributed by atoms with Gasteiger partial charge in [0, 0.05) is 22.9 Å². The predicted molar refractivity (Wildman–Crippen MR) is 106 cm³/mol. The third-order valence-electron chi connectivity index (χ3n) is 4.79. The summed E-state index contributed by atoms with van der Waals surface area (Å²) in [5.41, 5.74) is 5.79. The number of aryl methyl sites for hydroxylation is 1. The van der Waals surface area contributed by atoms with Gasteiger partial charge in [0.2, 0.25) is 0 Å². The third kappa shape index (κ3) is 2.66. The SMILES string of the molecule is Cc1cc(-c2[nH]cnc2-c2ccc3nnc(-c4ccccc4)n3c2)ccc1F.